The summed E-state index contributed by atoms with van der Waals surface area (Å²) in [6.45, 7) is 2.07. The molecule has 0 fully saturated rings. The van der Waals surface area contributed by atoms with Crippen LogP contribution >= 0.6 is 11.8 Å². The van der Waals surface area contributed by atoms with Crippen LogP contribution in [0.25, 0.3) is 28.5 Å². The average molecular weight is 456 g/mol. The molecule has 2 aromatic heterocycles. The minimum Gasteiger partial charge on any atom is -0.497 e. The van der Waals surface area contributed by atoms with Gasteiger partial charge >= 0.3 is 0 Å². The van der Waals surface area contributed by atoms with Crippen LogP contribution in [0.15, 0.2) is 88.4 Å². The van der Waals surface area contributed by atoms with Gasteiger partial charge in [0.15, 0.2) is 11.0 Å². The molecule has 5 aromatic rings. The number of hydrogen-bond donors (Lipinski definition) is 0. The minimum atomic E-state index is 0.471. The molecule has 0 saturated carbocycles. The Morgan fingerprint density at radius 1 is 0.818 bits per heavy atom. The molecule has 0 atom stereocenters. The summed E-state index contributed by atoms with van der Waals surface area (Å²) >= 11 is 1.50. The highest BCUT2D eigenvalue weighted by molar-refractivity contribution is 7.98. The topological polar surface area (TPSA) is 78.9 Å². The van der Waals surface area contributed by atoms with Gasteiger partial charge in [0.25, 0.3) is 0 Å². The Kier molecular flexibility index (Phi) is 5.91. The number of aryl methyl sites for hydroxylation is 1. The smallest absolute Gasteiger partial charge is 0.247 e. The maximum atomic E-state index is 5.88. The summed E-state index contributed by atoms with van der Waals surface area (Å²) in [5.41, 5.74) is 4.03. The predicted molar refractivity (Wildman–Crippen MR) is 127 cm³/mol. The van der Waals surface area contributed by atoms with Crippen molar-refractivity contribution in [3.63, 3.8) is 0 Å². The third-order valence-corrected chi connectivity index (χ3v) is 6.00. The molecule has 2 heterocycles. The highest BCUT2D eigenvalue weighted by Gasteiger charge is 2.17. The molecule has 3 aromatic carbocycles. The van der Waals surface area contributed by atoms with E-state index in [2.05, 4.69) is 56.2 Å². The van der Waals surface area contributed by atoms with E-state index in [-0.39, 0.29) is 0 Å². The first kappa shape index (κ1) is 21.0. The normalized spacial score (nSPS) is 11.0. The lowest BCUT2D eigenvalue weighted by atomic mass is 10.2. The first-order valence-corrected chi connectivity index (χ1v) is 11.4. The molecule has 8 heteroatoms. The molecule has 0 unspecified atom stereocenters. The molecule has 33 heavy (non-hydrogen) atoms. The van der Waals surface area contributed by atoms with E-state index in [9.17, 15) is 0 Å². The van der Waals surface area contributed by atoms with Crippen LogP contribution < -0.4 is 4.74 Å². The Labute approximate surface area is 195 Å². The molecule has 0 aliphatic carbocycles. The van der Waals surface area contributed by atoms with Gasteiger partial charge in [-0.2, -0.15) is 0 Å². The Balaban J connectivity index is 1.41. The zero-order chi connectivity index (χ0) is 22.6. The van der Waals surface area contributed by atoms with Crippen molar-refractivity contribution in [3.8, 4) is 34.3 Å². The van der Waals surface area contributed by atoms with Crippen LogP contribution in [-0.2, 0) is 5.75 Å². The molecule has 7 nitrogen and oxygen atoms in total. The Bertz CT molecular complexity index is 1350. The monoisotopic (exact) mass is 455 g/mol. The number of ether oxygens (including phenoxy) is 1. The molecule has 0 aliphatic rings. The second-order valence-corrected chi connectivity index (χ2v) is 8.30. The van der Waals surface area contributed by atoms with Gasteiger partial charge in [-0.25, -0.2) is 0 Å². The van der Waals surface area contributed by atoms with E-state index < -0.39 is 0 Å². The molecule has 0 aliphatic heterocycles. The average Bonchev–Trinajstić information content (AvgIpc) is 3.51. The minimum absolute atomic E-state index is 0.471. The van der Waals surface area contributed by atoms with Crippen LogP contribution in [0.2, 0.25) is 0 Å². The number of aromatic nitrogens is 5. The number of hydrogen-bond acceptors (Lipinski definition) is 7. The second-order valence-electron chi connectivity index (χ2n) is 7.36. The quantitative estimate of drug-likeness (QED) is 0.296. The van der Waals surface area contributed by atoms with Crippen molar-refractivity contribution in [1.82, 2.24) is 25.0 Å². The van der Waals surface area contributed by atoms with Gasteiger partial charge in [-0.1, -0.05) is 59.8 Å². The summed E-state index contributed by atoms with van der Waals surface area (Å²) in [5, 5.41) is 18.1. The van der Waals surface area contributed by atoms with Crippen molar-refractivity contribution < 1.29 is 9.15 Å². The van der Waals surface area contributed by atoms with Crippen molar-refractivity contribution in [2.75, 3.05) is 7.11 Å². The lowest BCUT2D eigenvalue weighted by molar-refractivity contribution is 0.415. The van der Waals surface area contributed by atoms with Crippen molar-refractivity contribution >= 4 is 11.8 Å². The standard InChI is InChI=1S/C25H21N5O2S/c1-17-8-12-20(13-9-17)30-23(18-6-4-3-5-7-18)27-29-25(30)33-16-22-26-28-24(32-22)19-10-14-21(31-2)15-11-19/h3-15H,16H2,1-2H3. The van der Waals surface area contributed by atoms with E-state index in [0.717, 1.165) is 33.5 Å². The van der Waals surface area contributed by atoms with E-state index in [0.29, 0.717) is 17.5 Å². The fraction of sp³-hybridized carbons (Fsp3) is 0.120. The fourth-order valence-corrected chi connectivity index (χ4v) is 4.14. The SMILES string of the molecule is COc1ccc(-c2nnc(CSc3nnc(-c4ccccc4)n3-c3ccc(C)cc3)o2)cc1. The lowest BCUT2D eigenvalue weighted by Crippen LogP contribution is -2.00. The lowest BCUT2D eigenvalue weighted by Gasteiger charge is -2.10. The largest absolute Gasteiger partial charge is 0.497 e. The zero-order valence-corrected chi connectivity index (χ0v) is 19.0. The molecule has 0 amide bonds. The van der Waals surface area contributed by atoms with Crippen molar-refractivity contribution in [2.24, 2.45) is 0 Å². The van der Waals surface area contributed by atoms with Crippen LogP contribution in [0.1, 0.15) is 11.5 Å². The van der Waals surface area contributed by atoms with E-state index in [1.807, 2.05) is 54.6 Å². The molecule has 5 rings (SSSR count). The summed E-state index contributed by atoms with van der Waals surface area (Å²) in [5.74, 6) is 3.02. The Hall–Kier alpha value is -3.91. The van der Waals surface area contributed by atoms with Crippen LogP contribution in [-0.4, -0.2) is 32.1 Å². The molecule has 164 valence electrons. The van der Waals surface area contributed by atoms with E-state index in [1.54, 1.807) is 7.11 Å². The number of thioether (sulfide) groups is 1. The van der Waals surface area contributed by atoms with E-state index in [1.165, 1.54) is 17.3 Å². The zero-order valence-electron chi connectivity index (χ0n) is 18.2. The summed E-state index contributed by atoms with van der Waals surface area (Å²) in [6.07, 6.45) is 0. The van der Waals surface area contributed by atoms with Gasteiger partial charge in [0.05, 0.1) is 12.9 Å². The van der Waals surface area contributed by atoms with Crippen molar-refractivity contribution in [1.29, 1.82) is 0 Å². The predicted octanol–water partition coefficient (Wildman–Crippen LogP) is 5.59. The first-order chi connectivity index (χ1) is 16.2. The van der Waals surface area contributed by atoms with Gasteiger partial charge in [-0.05, 0) is 43.3 Å². The van der Waals surface area contributed by atoms with Crippen LogP contribution in [0.4, 0.5) is 0 Å². The summed E-state index contributed by atoms with van der Waals surface area (Å²) in [4.78, 5) is 0. The number of nitrogens with zero attached hydrogens (tertiary/aromatic N) is 5. The molecule has 0 spiro atoms. The fourth-order valence-electron chi connectivity index (χ4n) is 3.35. The highest BCUT2D eigenvalue weighted by atomic mass is 32.2. The Morgan fingerprint density at radius 2 is 1.58 bits per heavy atom. The van der Waals surface area contributed by atoms with Gasteiger partial charge in [-0.15, -0.1) is 20.4 Å². The maximum absolute atomic E-state index is 5.88. The molecular formula is C25H21N5O2S. The third-order valence-electron chi connectivity index (χ3n) is 5.09. The van der Waals surface area contributed by atoms with Crippen LogP contribution in [0.5, 0.6) is 5.75 Å². The summed E-state index contributed by atoms with van der Waals surface area (Å²) < 4.78 is 13.1. The number of benzene rings is 3. The number of rotatable bonds is 7. The third kappa shape index (κ3) is 4.51. The van der Waals surface area contributed by atoms with Crippen molar-refractivity contribution in [2.45, 2.75) is 17.8 Å². The van der Waals surface area contributed by atoms with Gasteiger partial charge < -0.3 is 9.15 Å². The maximum Gasteiger partial charge on any atom is 0.247 e. The summed E-state index contributed by atoms with van der Waals surface area (Å²) in [6, 6.07) is 25.9. The molecule has 0 N–H and O–H groups in total. The molecule has 0 bridgehead atoms. The van der Waals surface area contributed by atoms with Gasteiger partial charge in [0, 0.05) is 16.8 Å². The van der Waals surface area contributed by atoms with E-state index >= 15 is 0 Å². The number of methoxy groups -OCH3 is 1. The second kappa shape index (κ2) is 9.30. The summed E-state index contributed by atoms with van der Waals surface area (Å²) in [7, 11) is 1.63. The van der Waals surface area contributed by atoms with Crippen LogP contribution in [0.3, 0.4) is 0 Å². The van der Waals surface area contributed by atoms with Gasteiger partial charge in [0.1, 0.15) is 5.75 Å². The highest BCUT2D eigenvalue weighted by Crippen LogP contribution is 2.30. The molecule has 0 radical (unpaired) electrons. The molecule has 0 saturated heterocycles. The van der Waals surface area contributed by atoms with Crippen molar-refractivity contribution in [3.05, 3.63) is 90.3 Å². The molecular weight excluding hydrogens is 434 g/mol. The Morgan fingerprint density at radius 3 is 2.30 bits per heavy atom. The van der Waals surface area contributed by atoms with Gasteiger partial charge in [0.2, 0.25) is 11.8 Å². The van der Waals surface area contributed by atoms with Crippen LogP contribution in [0, 0.1) is 6.92 Å². The first-order valence-electron chi connectivity index (χ1n) is 10.4. The van der Waals surface area contributed by atoms with Gasteiger partial charge in [-0.3, -0.25) is 4.57 Å². The van der Waals surface area contributed by atoms with E-state index in [4.69, 9.17) is 9.15 Å².